The van der Waals surface area contributed by atoms with Gasteiger partial charge in [-0.15, -0.1) is 17.9 Å². The average molecular weight is 497 g/mol. The van der Waals surface area contributed by atoms with E-state index < -0.39 is 5.97 Å². The molecule has 0 saturated carbocycles. The smallest absolute Gasteiger partial charge is 0.306 e. The molecule has 0 fully saturated rings. The zero-order chi connectivity index (χ0) is 25.6. The van der Waals surface area contributed by atoms with Crippen LogP contribution in [0.5, 0.6) is 0 Å². The standard InChI is InChI=1S/C28H36N2O4S/c1-6-16-29(24(31)12-13-26(33)34-7-2)19-25(32)30-17-14-23-22(15-18-35-23)27(30)20-8-10-21(11-9-20)28(3,4)5/h6,8-11,15,18,27H,1,7,12-14,16-17,19H2,2-5H3. The summed E-state index contributed by atoms with van der Waals surface area (Å²) in [6.07, 6.45) is 2.41. The van der Waals surface area contributed by atoms with Gasteiger partial charge in [0.15, 0.2) is 0 Å². The summed E-state index contributed by atoms with van der Waals surface area (Å²) < 4.78 is 4.92. The van der Waals surface area contributed by atoms with Crippen LogP contribution in [0.15, 0.2) is 48.4 Å². The molecule has 2 amide bonds. The first-order valence-electron chi connectivity index (χ1n) is 12.2. The first kappa shape index (κ1) is 26.7. The molecule has 35 heavy (non-hydrogen) atoms. The number of hydrogen-bond acceptors (Lipinski definition) is 5. The average Bonchev–Trinajstić information content (AvgIpc) is 3.30. The van der Waals surface area contributed by atoms with Gasteiger partial charge in [0.05, 0.1) is 19.1 Å². The van der Waals surface area contributed by atoms with E-state index in [9.17, 15) is 14.4 Å². The predicted octanol–water partition coefficient (Wildman–Crippen LogP) is 4.88. The molecule has 2 heterocycles. The van der Waals surface area contributed by atoms with Crippen LogP contribution in [-0.2, 0) is 31.0 Å². The van der Waals surface area contributed by atoms with E-state index in [2.05, 4.69) is 63.1 Å². The lowest BCUT2D eigenvalue weighted by atomic mass is 9.85. The molecular formula is C28H36N2O4S. The van der Waals surface area contributed by atoms with Gasteiger partial charge in [-0.2, -0.15) is 0 Å². The summed E-state index contributed by atoms with van der Waals surface area (Å²) in [7, 11) is 0. The summed E-state index contributed by atoms with van der Waals surface area (Å²) in [6, 6.07) is 10.4. The molecule has 6 nitrogen and oxygen atoms in total. The van der Waals surface area contributed by atoms with Crippen LogP contribution in [-0.4, -0.2) is 53.8 Å². The summed E-state index contributed by atoms with van der Waals surface area (Å²) in [4.78, 5) is 42.7. The van der Waals surface area contributed by atoms with Crippen LogP contribution in [0.4, 0.5) is 0 Å². The summed E-state index contributed by atoms with van der Waals surface area (Å²) in [5, 5.41) is 2.08. The van der Waals surface area contributed by atoms with Crippen molar-refractivity contribution in [3.05, 3.63) is 69.9 Å². The van der Waals surface area contributed by atoms with Gasteiger partial charge in [0, 0.05) is 24.4 Å². The molecule has 1 aromatic heterocycles. The highest BCUT2D eigenvalue weighted by Crippen LogP contribution is 2.38. The Balaban J connectivity index is 1.81. The van der Waals surface area contributed by atoms with Crippen LogP contribution in [0.25, 0.3) is 0 Å². The second kappa shape index (κ2) is 11.7. The van der Waals surface area contributed by atoms with E-state index in [1.807, 2.05) is 4.90 Å². The molecule has 0 aliphatic carbocycles. The number of rotatable bonds is 9. The molecule has 0 bridgehead atoms. The second-order valence-electron chi connectivity index (χ2n) is 9.78. The minimum Gasteiger partial charge on any atom is -0.466 e. The van der Waals surface area contributed by atoms with E-state index in [1.165, 1.54) is 15.3 Å². The van der Waals surface area contributed by atoms with E-state index in [1.54, 1.807) is 24.3 Å². The fraction of sp³-hybridized carbons (Fsp3) is 0.464. The molecule has 0 spiro atoms. The monoisotopic (exact) mass is 496 g/mol. The lowest BCUT2D eigenvalue weighted by Crippen LogP contribution is -2.46. The van der Waals surface area contributed by atoms with Crippen LogP contribution in [0, 0.1) is 0 Å². The molecule has 1 aliphatic rings. The Morgan fingerprint density at radius 3 is 2.51 bits per heavy atom. The molecule has 1 aliphatic heterocycles. The third-order valence-electron chi connectivity index (χ3n) is 6.26. The van der Waals surface area contributed by atoms with Gasteiger partial charge in [-0.1, -0.05) is 51.1 Å². The number of carbonyl (C=O) groups excluding carboxylic acids is 3. The molecule has 0 N–H and O–H groups in total. The van der Waals surface area contributed by atoms with Gasteiger partial charge in [0.25, 0.3) is 0 Å². The number of thiophene rings is 1. The van der Waals surface area contributed by atoms with Gasteiger partial charge in [-0.05, 0) is 46.9 Å². The summed E-state index contributed by atoms with van der Waals surface area (Å²) in [6.45, 7) is 13.1. The number of ether oxygens (including phenoxy) is 1. The van der Waals surface area contributed by atoms with Crippen LogP contribution >= 0.6 is 11.3 Å². The minimum atomic E-state index is -0.412. The molecule has 1 aromatic carbocycles. The third kappa shape index (κ3) is 6.60. The Labute approximate surface area is 212 Å². The van der Waals surface area contributed by atoms with Crippen molar-refractivity contribution >= 4 is 29.1 Å². The molecule has 1 atom stereocenters. The van der Waals surface area contributed by atoms with Gasteiger partial charge in [-0.3, -0.25) is 14.4 Å². The highest BCUT2D eigenvalue weighted by molar-refractivity contribution is 7.10. The highest BCUT2D eigenvalue weighted by Gasteiger charge is 2.34. The largest absolute Gasteiger partial charge is 0.466 e. The van der Waals surface area contributed by atoms with Crippen molar-refractivity contribution in [2.75, 3.05) is 26.2 Å². The second-order valence-corrected chi connectivity index (χ2v) is 10.8. The van der Waals surface area contributed by atoms with Crippen LogP contribution in [0.2, 0.25) is 0 Å². The zero-order valence-corrected chi connectivity index (χ0v) is 22.0. The van der Waals surface area contributed by atoms with E-state index in [0.29, 0.717) is 6.54 Å². The Kier molecular flexibility index (Phi) is 8.89. The van der Waals surface area contributed by atoms with E-state index in [0.717, 1.165) is 17.5 Å². The van der Waals surface area contributed by atoms with Crippen molar-refractivity contribution < 1.29 is 19.1 Å². The highest BCUT2D eigenvalue weighted by atomic mass is 32.1. The van der Waals surface area contributed by atoms with Gasteiger partial charge in [0.2, 0.25) is 11.8 Å². The molecule has 188 valence electrons. The Morgan fingerprint density at radius 2 is 1.89 bits per heavy atom. The fourth-order valence-electron chi connectivity index (χ4n) is 4.37. The molecule has 3 rings (SSSR count). The number of amides is 2. The Bertz CT molecular complexity index is 1050. The molecule has 1 unspecified atom stereocenters. The van der Waals surface area contributed by atoms with Crippen LogP contribution < -0.4 is 0 Å². The van der Waals surface area contributed by atoms with Crippen molar-refractivity contribution in [1.82, 2.24) is 9.80 Å². The predicted molar refractivity (Wildman–Crippen MR) is 139 cm³/mol. The lowest BCUT2D eigenvalue weighted by Gasteiger charge is -2.37. The third-order valence-corrected chi connectivity index (χ3v) is 7.25. The molecule has 0 saturated heterocycles. The maximum atomic E-state index is 13.6. The number of esters is 1. The lowest BCUT2D eigenvalue weighted by molar-refractivity contribution is -0.146. The molecule has 7 heteroatoms. The summed E-state index contributed by atoms with van der Waals surface area (Å²) in [5.74, 6) is -0.783. The van der Waals surface area contributed by atoms with Crippen molar-refractivity contribution in [2.24, 2.45) is 0 Å². The summed E-state index contributed by atoms with van der Waals surface area (Å²) in [5.41, 5.74) is 3.50. The van der Waals surface area contributed by atoms with Crippen LogP contribution in [0.3, 0.4) is 0 Å². The minimum absolute atomic E-state index is 0.000759. The summed E-state index contributed by atoms with van der Waals surface area (Å²) >= 11 is 1.73. The maximum Gasteiger partial charge on any atom is 0.306 e. The van der Waals surface area contributed by atoms with Gasteiger partial charge >= 0.3 is 5.97 Å². The van der Waals surface area contributed by atoms with Crippen molar-refractivity contribution in [3.63, 3.8) is 0 Å². The van der Waals surface area contributed by atoms with Crippen molar-refractivity contribution in [2.45, 2.75) is 58.4 Å². The van der Waals surface area contributed by atoms with E-state index in [-0.39, 0.29) is 55.8 Å². The van der Waals surface area contributed by atoms with E-state index >= 15 is 0 Å². The SMILES string of the molecule is C=CCN(CC(=O)N1CCc2sccc2C1c1ccc(C(C)(C)C)cc1)C(=O)CCC(=O)OCC. The first-order valence-corrected chi connectivity index (χ1v) is 13.0. The number of benzene rings is 1. The Hall–Kier alpha value is -2.93. The normalized spacial score (nSPS) is 15.3. The molecular weight excluding hydrogens is 460 g/mol. The maximum absolute atomic E-state index is 13.6. The topological polar surface area (TPSA) is 66.9 Å². The van der Waals surface area contributed by atoms with Crippen LogP contribution in [0.1, 0.15) is 68.1 Å². The Morgan fingerprint density at radius 1 is 1.17 bits per heavy atom. The van der Waals surface area contributed by atoms with Gasteiger partial charge in [0.1, 0.15) is 6.54 Å². The number of fused-ring (bicyclic) bond motifs is 1. The quantitative estimate of drug-likeness (QED) is 0.367. The van der Waals surface area contributed by atoms with Crippen molar-refractivity contribution in [1.29, 1.82) is 0 Å². The van der Waals surface area contributed by atoms with Gasteiger partial charge < -0.3 is 14.5 Å². The zero-order valence-electron chi connectivity index (χ0n) is 21.2. The molecule has 0 radical (unpaired) electrons. The number of hydrogen-bond donors (Lipinski definition) is 0. The van der Waals surface area contributed by atoms with Gasteiger partial charge in [-0.25, -0.2) is 0 Å². The van der Waals surface area contributed by atoms with E-state index in [4.69, 9.17) is 4.74 Å². The first-order chi connectivity index (χ1) is 16.7. The van der Waals surface area contributed by atoms with Crippen molar-refractivity contribution in [3.8, 4) is 0 Å². The number of nitrogens with zero attached hydrogens (tertiary/aromatic N) is 2. The molecule has 2 aromatic rings. The fourth-order valence-corrected chi connectivity index (χ4v) is 5.28. The number of carbonyl (C=O) groups is 3.